The van der Waals surface area contributed by atoms with Crippen molar-refractivity contribution in [2.24, 2.45) is 0 Å². The van der Waals surface area contributed by atoms with E-state index < -0.39 is 6.17 Å². The third-order valence-electron chi connectivity index (χ3n) is 6.33. The number of alkyl halides is 1. The van der Waals surface area contributed by atoms with E-state index in [1.54, 1.807) is 12.4 Å². The minimum Gasteiger partial charge on any atom is -0.494 e. The molecule has 5 heteroatoms. The van der Waals surface area contributed by atoms with E-state index in [0.29, 0.717) is 12.3 Å². The zero-order chi connectivity index (χ0) is 25.0. The van der Waals surface area contributed by atoms with Gasteiger partial charge in [0.1, 0.15) is 18.5 Å². The quantitative estimate of drug-likeness (QED) is 0.165. The third kappa shape index (κ3) is 13.5. The van der Waals surface area contributed by atoms with Gasteiger partial charge in [-0.15, -0.1) is 0 Å². The highest BCUT2D eigenvalue weighted by molar-refractivity contribution is 5.59. The molecule has 196 valence electrons. The second-order valence-electron chi connectivity index (χ2n) is 9.55. The predicted octanol–water partition coefficient (Wildman–Crippen LogP) is 9.13. The van der Waals surface area contributed by atoms with Crippen molar-refractivity contribution >= 4 is 0 Å². The first-order valence-corrected chi connectivity index (χ1v) is 14.0. The summed E-state index contributed by atoms with van der Waals surface area (Å²) in [6.07, 6.45) is 20.2. The molecule has 2 aromatic rings. The molecule has 0 spiro atoms. The molecule has 0 aliphatic heterocycles. The molecule has 1 aromatic carbocycles. The van der Waals surface area contributed by atoms with E-state index in [2.05, 4.69) is 23.8 Å². The van der Waals surface area contributed by atoms with Gasteiger partial charge in [-0.3, -0.25) is 0 Å². The number of hydrogen-bond donors (Lipinski definition) is 0. The molecule has 1 unspecified atom stereocenters. The van der Waals surface area contributed by atoms with E-state index in [1.807, 2.05) is 24.3 Å². The smallest absolute Gasteiger partial charge is 0.232 e. The van der Waals surface area contributed by atoms with Crippen molar-refractivity contribution < 1.29 is 13.9 Å². The van der Waals surface area contributed by atoms with Crippen molar-refractivity contribution in [3.8, 4) is 22.9 Å². The van der Waals surface area contributed by atoms with Crippen LogP contribution in [0.3, 0.4) is 0 Å². The molecule has 1 aromatic heterocycles. The number of rotatable bonds is 21. The molecule has 1 heterocycles. The van der Waals surface area contributed by atoms with Gasteiger partial charge in [-0.2, -0.15) is 0 Å². The van der Waals surface area contributed by atoms with E-state index in [-0.39, 0.29) is 6.61 Å². The van der Waals surface area contributed by atoms with Crippen molar-refractivity contribution in [3.05, 3.63) is 36.7 Å². The summed E-state index contributed by atoms with van der Waals surface area (Å²) in [6.45, 7) is 5.25. The Balaban J connectivity index is 1.61. The lowest BCUT2D eigenvalue weighted by atomic mass is 10.1. The molecule has 0 bridgehead atoms. The van der Waals surface area contributed by atoms with Crippen molar-refractivity contribution in [1.29, 1.82) is 0 Å². The van der Waals surface area contributed by atoms with Crippen LogP contribution < -0.4 is 9.47 Å². The first kappa shape index (κ1) is 29.1. The van der Waals surface area contributed by atoms with Gasteiger partial charge in [0.05, 0.1) is 24.7 Å². The van der Waals surface area contributed by atoms with Crippen molar-refractivity contribution in [3.63, 3.8) is 0 Å². The maximum absolute atomic E-state index is 14.1. The second-order valence-corrected chi connectivity index (χ2v) is 9.55. The van der Waals surface area contributed by atoms with Gasteiger partial charge < -0.3 is 9.47 Å². The first-order chi connectivity index (χ1) is 17.2. The van der Waals surface area contributed by atoms with Crippen LogP contribution in [0.15, 0.2) is 36.7 Å². The Morgan fingerprint density at radius 3 is 1.89 bits per heavy atom. The molecule has 2 rings (SSSR count). The third-order valence-corrected chi connectivity index (χ3v) is 6.33. The summed E-state index contributed by atoms with van der Waals surface area (Å²) in [5.74, 6) is 1.24. The van der Waals surface area contributed by atoms with Gasteiger partial charge in [0.15, 0.2) is 0 Å². The zero-order valence-electron chi connectivity index (χ0n) is 22.2. The van der Waals surface area contributed by atoms with E-state index in [0.717, 1.165) is 42.9 Å². The average molecular weight is 487 g/mol. The van der Waals surface area contributed by atoms with Crippen LogP contribution in [0, 0.1) is 0 Å². The number of aromatic nitrogens is 2. The standard InChI is InChI=1S/C30H47FN2O2/c1-3-5-7-9-11-12-14-16-22-34-28-20-18-26(19-21-28)29-23-33-30(24-32-29)35-25-27(31)17-15-13-10-8-6-4-2/h18-21,23-24,27H,3-17,22,25H2,1-2H3. The molecule has 35 heavy (non-hydrogen) atoms. The summed E-state index contributed by atoms with van der Waals surface area (Å²) in [6, 6.07) is 7.93. The Morgan fingerprint density at radius 1 is 0.686 bits per heavy atom. The van der Waals surface area contributed by atoms with Gasteiger partial charge in [-0.05, 0) is 37.1 Å². The number of halogens is 1. The number of unbranched alkanes of at least 4 members (excludes halogenated alkanes) is 12. The molecular formula is C30H47FN2O2. The molecule has 0 aliphatic rings. The summed E-state index contributed by atoms with van der Waals surface area (Å²) >= 11 is 0. The molecule has 0 aliphatic carbocycles. The molecule has 0 radical (unpaired) electrons. The molecule has 1 atom stereocenters. The Labute approximate surface area is 213 Å². The van der Waals surface area contributed by atoms with Crippen LogP contribution in [-0.4, -0.2) is 29.4 Å². The molecule has 0 saturated carbocycles. The van der Waals surface area contributed by atoms with Gasteiger partial charge in [0, 0.05) is 5.56 Å². The monoisotopic (exact) mass is 486 g/mol. The predicted molar refractivity (Wildman–Crippen MR) is 144 cm³/mol. The highest BCUT2D eigenvalue weighted by atomic mass is 19.1. The minimum atomic E-state index is -0.957. The molecule has 0 N–H and O–H groups in total. The van der Waals surface area contributed by atoms with Crippen LogP contribution in [0.2, 0.25) is 0 Å². The molecule has 0 amide bonds. The molecule has 4 nitrogen and oxygen atoms in total. The van der Waals surface area contributed by atoms with Crippen molar-refractivity contribution in [2.75, 3.05) is 13.2 Å². The summed E-state index contributed by atoms with van der Waals surface area (Å²) in [4.78, 5) is 8.73. The van der Waals surface area contributed by atoms with Crippen molar-refractivity contribution in [2.45, 2.75) is 116 Å². The Hall–Kier alpha value is -2.17. The topological polar surface area (TPSA) is 44.2 Å². The largest absolute Gasteiger partial charge is 0.494 e. The van der Waals surface area contributed by atoms with Crippen molar-refractivity contribution in [1.82, 2.24) is 9.97 Å². The Morgan fingerprint density at radius 2 is 1.29 bits per heavy atom. The van der Waals surface area contributed by atoms with Crippen LogP contribution in [0.4, 0.5) is 4.39 Å². The zero-order valence-corrected chi connectivity index (χ0v) is 22.2. The van der Waals surface area contributed by atoms with Gasteiger partial charge in [-0.1, -0.05) is 97.3 Å². The summed E-state index contributed by atoms with van der Waals surface area (Å²) in [7, 11) is 0. The highest BCUT2D eigenvalue weighted by Gasteiger charge is 2.09. The van der Waals surface area contributed by atoms with Crippen LogP contribution in [-0.2, 0) is 0 Å². The fraction of sp³-hybridized carbons (Fsp3) is 0.667. The fourth-order valence-electron chi connectivity index (χ4n) is 4.09. The van der Waals surface area contributed by atoms with Gasteiger partial charge in [0.2, 0.25) is 5.88 Å². The number of ether oxygens (including phenoxy) is 2. The normalized spacial score (nSPS) is 12.0. The number of benzene rings is 1. The average Bonchev–Trinajstić information content (AvgIpc) is 2.89. The maximum Gasteiger partial charge on any atom is 0.232 e. The van der Waals surface area contributed by atoms with Crippen LogP contribution in [0.5, 0.6) is 11.6 Å². The lowest BCUT2D eigenvalue weighted by Gasteiger charge is -2.10. The van der Waals surface area contributed by atoms with E-state index >= 15 is 0 Å². The first-order valence-electron chi connectivity index (χ1n) is 14.0. The summed E-state index contributed by atoms with van der Waals surface area (Å²) in [5, 5.41) is 0. The van der Waals surface area contributed by atoms with E-state index in [4.69, 9.17) is 9.47 Å². The molecule has 0 fully saturated rings. The summed E-state index contributed by atoms with van der Waals surface area (Å²) < 4.78 is 25.4. The minimum absolute atomic E-state index is 0.0356. The number of nitrogens with zero attached hydrogens (tertiary/aromatic N) is 2. The van der Waals surface area contributed by atoms with E-state index in [9.17, 15) is 4.39 Å². The molecule has 0 saturated heterocycles. The van der Waals surface area contributed by atoms with Gasteiger partial charge in [-0.25, -0.2) is 14.4 Å². The Kier molecular flexibility index (Phi) is 15.8. The van der Waals surface area contributed by atoms with Crippen LogP contribution in [0.1, 0.15) is 110 Å². The van der Waals surface area contributed by atoms with E-state index in [1.165, 1.54) is 70.6 Å². The second kappa shape index (κ2) is 19.1. The number of hydrogen-bond acceptors (Lipinski definition) is 4. The van der Waals surface area contributed by atoms with Gasteiger partial charge in [0.25, 0.3) is 0 Å². The van der Waals surface area contributed by atoms with Crippen LogP contribution in [0.25, 0.3) is 11.3 Å². The fourth-order valence-corrected chi connectivity index (χ4v) is 4.09. The molecular weight excluding hydrogens is 439 g/mol. The SMILES string of the molecule is CCCCCCCCCCOc1ccc(-c2cnc(OCC(F)CCCCCCCC)cn2)cc1. The summed E-state index contributed by atoms with van der Waals surface area (Å²) in [5.41, 5.74) is 1.73. The van der Waals surface area contributed by atoms with Gasteiger partial charge >= 0.3 is 0 Å². The highest BCUT2D eigenvalue weighted by Crippen LogP contribution is 2.22. The Bertz CT molecular complexity index is 752. The van der Waals surface area contributed by atoms with Crippen LogP contribution >= 0.6 is 0 Å². The lowest BCUT2D eigenvalue weighted by molar-refractivity contribution is 0.178. The lowest BCUT2D eigenvalue weighted by Crippen LogP contribution is -2.13. The maximum atomic E-state index is 14.1.